The van der Waals surface area contributed by atoms with Crippen molar-refractivity contribution in [3.05, 3.63) is 35.9 Å². The number of carboxylic acid groups (broad SMARTS) is 2. The van der Waals surface area contributed by atoms with Gasteiger partial charge in [0.05, 0.1) is 44.1 Å². The lowest BCUT2D eigenvalue weighted by atomic mass is 9.87. The Labute approximate surface area is 256 Å². The van der Waals surface area contributed by atoms with Gasteiger partial charge in [-0.05, 0) is 5.56 Å². The summed E-state index contributed by atoms with van der Waals surface area (Å²) < 4.78 is 22.2. The molecular weight excluding hydrogens is 608 g/mol. The first-order valence-electron chi connectivity index (χ1n) is 13.9. The molecule has 1 aromatic carbocycles. The third-order valence-electron chi connectivity index (χ3n) is 7.61. The van der Waals surface area contributed by atoms with Crippen molar-refractivity contribution in [1.82, 2.24) is 5.32 Å². The summed E-state index contributed by atoms with van der Waals surface area (Å²) in [6.45, 7) is -0.735. The van der Waals surface area contributed by atoms with Gasteiger partial charge in [-0.25, -0.2) is 9.59 Å². The van der Waals surface area contributed by atoms with E-state index in [1.165, 1.54) is 0 Å². The molecule has 0 radical (unpaired) electrons. The molecule has 254 valence electrons. The average molecular weight is 649 g/mol. The molecule has 0 aliphatic carbocycles. The van der Waals surface area contributed by atoms with Crippen LogP contribution in [0, 0.1) is 0 Å². The van der Waals surface area contributed by atoms with Crippen LogP contribution in [0.2, 0.25) is 0 Å². The van der Waals surface area contributed by atoms with Crippen molar-refractivity contribution < 1.29 is 79.3 Å². The van der Waals surface area contributed by atoms with Gasteiger partial charge in [0.25, 0.3) is 11.6 Å². The van der Waals surface area contributed by atoms with E-state index in [0.717, 1.165) is 6.92 Å². The quantitative estimate of drug-likeness (QED) is 0.0903. The SMILES string of the molecule is CC(=O)N[C@H]1[C@H]([C@H](O)[C@@H](COCc2ccccc2)O[C@]2(C(=O)O)C[C@H](O)[C@@H](N)[C@H]([C@H](O)[C@H](O)CO)O2)O[C@@](O)(C(=O)O)C[C@@H]1O. The molecule has 18 heteroatoms. The minimum absolute atomic E-state index is 0.117. The van der Waals surface area contributed by atoms with E-state index in [-0.39, 0.29) is 6.61 Å². The van der Waals surface area contributed by atoms with E-state index in [1.807, 2.05) is 0 Å². The number of nitrogens with one attached hydrogen (secondary N) is 1. The number of benzene rings is 1. The number of aliphatic carboxylic acids is 2. The van der Waals surface area contributed by atoms with Gasteiger partial charge in [0.2, 0.25) is 5.91 Å². The lowest BCUT2D eigenvalue weighted by Gasteiger charge is -2.48. The molecule has 0 unspecified atom stereocenters. The molecule has 0 bridgehead atoms. The zero-order chi connectivity index (χ0) is 33.7. The van der Waals surface area contributed by atoms with Crippen LogP contribution in [0.15, 0.2) is 30.3 Å². The van der Waals surface area contributed by atoms with E-state index in [1.54, 1.807) is 30.3 Å². The molecule has 45 heavy (non-hydrogen) atoms. The zero-order valence-electron chi connectivity index (χ0n) is 24.2. The Morgan fingerprint density at radius 1 is 1.00 bits per heavy atom. The lowest BCUT2D eigenvalue weighted by Crippen LogP contribution is -2.69. The second-order valence-corrected chi connectivity index (χ2v) is 11.0. The van der Waals surface area contributed by atoms with Crippen LogP contribution in [-0.2, 0) is 39.9 Å². The van der Waals surface area contributed by atoms with Crippen molar-refractivity contribution in [2.75, 3.05) is 13.2 Å². The van der Waals surface area contributed by atoms with Crippen LogP contribution in [0.1, 0.15) is 25.3 Å². The smallest absolute Gasteiger partial charge is 0.364 e. The summed E-state index contributed by atoms with van der Waals surface area (Å²) >= 11 is 0. The molecule has 0 aromatic heterocycles. The minimum atomic E-state index is -3.06. The van der Waals surface area contributed by atoms with Crippen molar-refractivity contribution >= 4 is 17.8 Å². The first-order valence-corrected chi connectivity index (χ1v) is 13.9. The summed E-state index contributed by atoms with van der Waals surface area (Å²) in [6.07, 6.45) is -17.2. The number of amides is 1. The Hall–Kier alpha value is -2.85. The summed E-state index contributed by atoms with van der Waals surface area (Å²) in [5.74, 6) is -10.5. The molecule has 0 saturated carbocycles. The summed E-state index contributed by atoms with van der Waals surface area (Å²) in [7, 11) is 0. The third kappa shape index (κ3) is 8.50. The van der Waals surface area contributed by atoms with E-state index in [0.29, 0.717) is 5.56 Å². The highest BCUT2D eigenvalue weighted by molar-refractivity contribution is 5.76. The molecule has 0 spiro atoms. The largest absolute Gasteiger partial charge is 0.477 e. The van der Waals surface area contributed by atoms with E-state index in [9.17, 15) is 60.3 Å². The summed E-state index contributed by atoms with van der Waals surface area (Å²) in [5, 5.41) is 95.3. The highest BCUT2D eigenvalue weighted by Gasteiger charge is 2.58. The first kappa shape index (κ1) is 36.6. The second kappa shape index (κ2) is 15.2. The lowest BCUT2D eigenvalue weighted by molar-refractivity contribution is -0.342. The van der Waals surface area contributed by atoms with Crippen LogP contribution >= 0.6 is 0 Å². The molecule has 12 atom stereocenters. The predicted molar refractivity (Wildman–Crippen MR) is 146 cm³/mol. The van der Waals surface area contributed by atoms with E-state index in [4.69, 9.17) is 24.7 Å². The van der Waals surface area contributed by atoms with E-state index < -0.39 is 116 Å². The van der Waals surface area contributed by atoms with Gasteiger partial charge in [0, 0.05) is 19.8 Å². The van der Waals surface area contributed by atoms with Gasteiger partial charge in [-0.3, -0.25) is 4.79 Å². The maximum Gasteiger partial charge on any atom is 0.364 e. The molecule has 2 heterocycles. The number of carboxylic acids is 2. The summed E-state index contributed by atoms with van der Waals surface area (Å²) in [4.78, 5) is 36.4. The second-order valence-electron chi connectivity index (χ2n) is 11.0. The fourth-order valence-corrected chi connectivity index (χ4v) is 5.20. The number of nitrogens with two attached hydrogens (primary N) is 1. The molecule has 2 fully saturated rings. The molecular formula is C27H40N2O16. The predicted octanol–water partition coefficient (Wildman–Crippen LogP) is -4.65. The van der Waals surface area contributed by atoms with Crippen molar-refractivity contribution in [3.63, 3.8) is 0 Å². The number of aliphatic hydroxyl groups excluding tert-OH is 6. The standard InChI is InChI=1S/C27H40N2O16/c1-12(31)29-19-15(33)7-26(41,24(37)38)44-23(19)21(36)17(11-42-10-13-5-3-2-4-6-13)43-27(25(39)40)8-14(32)18(28)22(45-27)20(35)16(34)9-30/h2-6,14-23,30,32-36,41H,7-11,28H2,1H3,(H,29,31)(H,37,38)(H,39,40)/t14-,15-,16+,17+,18+,19+,20+,21+,22+,23+,26+,27+/m0/s1. The Morgan fingerprint density at radius 2 is 1.64 bits per heavy atom. The number of carbonyl (C=O) groups excluding carboxylic acids is 1. The van der Waals surface area contributed by atoms with Crippen LogP contribution in [0.25, 0.3) is 0 Å². The van der Waals surface area contributed by atoms with Crippen LogP contribution in [-0.4, -0.2) is 150 Å². The maximum atomic E-state index is 12.7. The highest BCUT2D eigenvalue weighted by atomic mass is 16.7. The highest BCUT2D eigenvalue weighted by Crippen LogP contribution is 2.36. The van der Waals surface area contributed by atoms with Crippen molar-refractivity contribution in [2.45, 2.75) is 98.9 Å². The summed E-state index contributed by atoms with van der Waals surface area (Å²) in [6, 6.07) is 5.48. The Balaban J connectivity index is 2.02. The monoisotopic (exact) mass is 648 g/mol. The van der Waals surface area contributed by atoms with Gasteiger partial charge in [-0.15, -0.1) is 0 Å². The van der Waals surface area contributed by atoms with Crippen LogP contribution < -0.4 is 11.1 Å². The van der Waals surface area contributed by atoms with Crippen molar-refractivity contribution in [2.24, 2.45) is 5.73 Å². The molecule has 18 nitrogen and oxygen atoms in total. The fraction of sp³-hybridized carbons (Fsp3) is 0.667. The van der Waals surface area contributed by atoms with Gasteiger partial charge >= 0.3 is 11.9 Å². The molecule has 1 amide bonds. The van der Waals surface area contributed by atoms with Crippen molar-refractivity contribution in [3.8, 4) is 0 Å². The topological polar surface area (TPSA) is 308 Å². The Bertz CT molecular complexity index is 1160. The third-order valence-corrected chi connectivity index (χ3v) is 7.61. The van der Waals surface area contributed by atoms with Gasteiger partial charge in [0.15, 0.2) is 0 Å². The molecule has 2 aliphatic rings. The number of hydrogen-bond acceptors (Lipinski definition) is 15. The molecule has 2 aliphatic heterocycles. The van der Waals surface area contributed by atoms with Gasteiger partial charge in [-0.2, -0.15) is 0 Å². The molecule has 12 N–H and O–H groups in total. The number of aliphatic hydroxyl groups is 7. The molecule has 3 rings (SSSR count). The van der Waals surface area contributed by atoms with Gasteiger partial charge in [0.1, 0.15) is 36.6 Å². The normalized spacial score (nSPS) is 34.7. The minimum Gasteiger partial charge on any atom is -0.477 e. The maximum absolute atomic E-state index is 12.7. The van der Waals surface area contributed by atoms with Crippen LogP contribution in [0.3, 0.4) is 0 Å². The van der Waals surface area contributed by atoms with Crippen molar-refractivity contribution in [1.29, 1.82) is 0 Å². The molecule has 1 aromatic rings. The number of hydrogen-bond donors (Lipinski definition) is 11. The fourth-order valence-electron chi connectivity index (χ4n) is 5.20. The van der Waals surface area contributed by atoms with E-state index in [2.05, 4.69) is 5.32 Å². The molecule has 2 saturated heterocycles. The number of carbonyl (C=O) groups is 3. The average Bonchev–Trinajstić information content (AvgIpc) is 2.98. The van der Waals surface area contributed by atoms with Gasteiger partial charge in [-0.1, -0.05) is 30.3 Å². The summed E-state index contributed by atoms with van der Waals surface area (Å²) in [5.41, 5.74) is 6.54. The number of rotatable bonds is 14. The van der Waals surface area contributed by atoms with Gasteiger partial charge < -0.3 is 76.0 Å². The Kier molecular flexibility index (Phi) is 12.3. The first-order chi connectivity index (χ1) is 21.0. The van der Waals surface area contributed by atoms with Crippen LogP contribution in [0.5, 0.6) is 0 Å². The Morgan fingerprint density at radius 3 is 2.20 bits per heavy atom. The number of ether oxygens (including phenoxy) is 4. The van der Waals surface area contributed by atoms with Crippen LogP contribution in [0.4, 0.5) is 0 Å². The van der Waals surface area contributed by atoms with E-state index >= 15 is 0 Å². The zero-order valence-corrected chi connectivity index (χ0v) is 24.2.